The molecular weight excluding hydrogens is 354 g/mol. The number of amides is 1. The minimum absolute atomic E-state index is 0.0561. The molecule has 0 radical (unpaired) electrons. The van der Waals surface area contributed by atoms with Crippen LogP contribution in [-0.2, 0) is 20.7 Å². The Labute approximate surface area is 137 Å². The summed E-state index contributed by atoms with van der Waals surface area (Å²) >= 11 is 3.35. The summed E-state index contributed by atoms with van der Waals surface area (Å²) < 4.78 is 10.9. The molecule has 2 N–H and O–H groups in total. The lowest BCUT2D eigenvalue weighted by Gasteiger charge is -2.30. The highest BCUT2D eigenvalue weighted by Gasteiger charge is 2.42. The highest BCUT2D eigenvalue weighted by molar-refractivity contribution is 9.10. The van der Waals surface area contributed by atoms with Gasteiger partial charge in [0.1, 0.15) is 5.60 Å². The molecule has 0 heterocycles. The van der Waals surface area contributed by atoms with Gasteiger partial charge in [0.2, 0.25) is 5.72 Å². The second kappa shape index (κ2) is 7.11. The monoisotopic (exact) mass is 373 g/mol. The number of hydrogen-bond acceptors (Lipinski definition) is 4. The number of carbonyl (C=O) groups excluding carboxylic acids is 1. The maximum atomic E-state index is 11.9. The molecule has 0 saturated heterocycles. The fourth-order valence-corrected chi connectivity index (χ4v) is 2.19. The van der Waals surface area contributed by atoms with E-state index in [1.165, 1.54) is 7.11 Å². The Kier molecular flexibility index (Phi) is 5.96. The van der Waals surface area contributed by atoms with Crippen molar-refractivity contribution in [1.82, 2.24) is 5.32 Å². The first-order valence-corrected chi connectivity index (χ1v) is 7.42. The number of rotatable bonds is 5. The molecular formula is C15H20BrNO5. The van der Waals surface area contributed by atoms with Gasteiger partial charge < -0.3 is 14.6 Å². The second-order valence-corrected chi connectivity index (χ2v) is 6.59. The molecule has 0 saturated carbocycles. The zero-order chi connectivity index (χ0) is 17.0. The standard InChI is InChI=1S/C15H20BrNO5/c1-14(2,3)22-13(20)17-15(21-4,12(18)19)9-10-7-5-6-8-11(10)16/h5-8H,9H2,1-4H3,(H,17,20)(H,18,19)/t15-/m0/s1. The van der Waals surface area contributed by atoms with Crippen LogP contribution in [0.3, 0.4) is 0 Å². The molecule has 0 spiro atoms. The maximum Gasteiger partial charge on any atom is 0.410 e. The molecule has 1 aromatic rings. The summed E-state index contributed by atoms with van der Waals surface area (Å²) in [4.78, 5) is 23.6. The average molecular weight is 374 g/mol. The van der Waals surface area contributed by atoms with E-state index in [1.807, 2.05) is 6.07 Å². The van der Waals surface area contributed by atoms with Crippen LogP contribution in [0.4, 0.5) is 4.79 Å². The average Bonchev–Trinajstić information content (AvgIpc) is 2.38. The van der Waals surface area contributed by atoms with Gasteiger partial charge >= 0.3 is 12.1 Å². The van der Waals surface area contributed by atoms with Gasteiger partial charge in [-0.1, -0.05) is 34.1 Å². The number of benzene rings is 1. The third kappa shape index (κ3) is 4.99. The topological polar surface area (TPSA) is 84.9 Å². The zero-order valence-corrected chi connectivity index (χ0v) is 14.6. The van der Waals surface area contributed by atoms with Gasteiger partial charge in [0.15, 0.2) is 0 Å². The minimum atomic E-state index is -1.91. The van der Waals surface area contributed by atoms with Gasteiger partial charge in [0, 0.05) is 18.0 Å². The number of halogens is 1. The van der Waals surface area contributed by atoms with E-state index < -0.39 is 23.4 Å². The maximum absolute atomic E-state index is 11.9. The lowest BCUT2D eigenvalue weighted by atomic mass is 10.0. The van der Waals surface area contributed by atoms with Crippen molar-refractivity contribution in [3.63, 3.8) is 0 Å². The van der Waals surface area contributed by atoms with E-state index in [2.05, 4.69) is 21.2 Å². The van der Waals surface area contributed by atoms with Crippen LogP contribution in [0.5, 0.6) is 0 Å². The Balaban J connectivity index is 3.03. The molecule has 0 bridgehead atoms. The molecule has 1 amide bonds. The SMILES string of the molecule is CO[C@](Cc1ccccc1Br)(NC(=O)OC(C)(C)C)C(=O)O. The molecule has 0 fully saturated rings. The predicted molar refractivity (Wildman–Crippen MR) is 84.6 cm³/mol. The Bertz CT molecular complexity index is 555. The predicted octanol–water partition coefficient (Wildman–Crippen LogP) is 2.94. The van der Waals surface area contributed by atoms with Crippen LogP contribution in [0, 0.1) is 0 Å². The van der Waals surface area contributed by atoms with Crippen molar-refractivity contribution < 1.29 is 24.2 Å². The number of aliphatic carboxylic acids is 1. The fourth-order valence-electron chi connectivity index (χ4n) is 1.76. The lowest BCUT2D eigenvalue weighted by molar-refractivity contribution is -0.166. The van der Waals surface area contributed by atoms with Gasteiger partial charge in [0.25, 0.3) is 0 Å². The number of ether oxygens (including phenoxy) is 2. The zero-order valence-electron chi connectivity index (χ0n) is 13.0. The molecule has 22 heavy (non-hydrogen) atoms. The Morgan fingerprint density at radius 1 is 1.27 bits per heavy atom. The van der Waals surface area contributed by atoms with Gasteiger partial charge in [-0.25, -0.2) is 9.59 Å². The number of nitrogens with one attached hydrogen (secondary N) is 1. The van der Waals surface area contributed by atoms with Crippen molar-refractivity contribution in [3.05, 3.63) is 34.3 Å². The molecule has 0 aliphatic heterocycles. The van der Waals surface area contributed by atoms with E-state index in [0.29, 0.717) is 5.56 Å². The van der Waals surface area contributed by atoms with Crippen molar-refractivity contribution in [2.45, 2.75) is 38.5 Å². The van der Waals surface area contributed by atoms with E-state index in [-0.39, 0.29) is 6.42 Å². The highest BCUT2D eigenvalue weighted by atomic mass is 79.9. The van der Waals surface area contributed by atoms with Crippen LogP contribution in [0.1, 0.15) is 26.3 Å². The molecule has 0 aliphatic rings. The largest absolute Gasteiger partial charge is 0.478 e. The van der Waals surface area contributed by atoms with E-state index in [1.54, 1.807) is 39.0 Å². The van der Waals surface area contributed by atoms with Crippen LogP contribution < -0.4 is 5.32 Å². The molecule has 0 unspecified atom stereocenters. The Morgan fingerprint density at radius 3 is 2.32 bits per heavy atom. The van der Waals surface area contributed by atoms with Gasteiger partial charge in [0.05, 0.1) is 0 Å². The van der Waals surface area contributed by atoms with Crippen molar-refractivity contribution >= 4 is 28.0 Å². The summed E-state index contributed by atoms with van der Waals surface area (Å²) in [5, 5.41) is 11.8. The first-order chi connectivity index (χ1) is 10.1. The number of carboxylic acid groups (broad SMARTS) is 1. The van der Waals surface area contributed by atoms with Crippen molar-refractivity contribution in [2.75, 3.05) is 7.11 Å². The number of methoxy groups -OCH3 is 1. The first kappa shape index (κ1) is 18.4. The number of hydrogen-bond donors (Lipinski definition) is 2. The normalized spacial score (nSPS) is 14.0. The van der Waals surface area contributed by atoms with Crippen LogP contribution in [-0.4, -0.2) is 35.6 Å². The summed E-state index contributed by atoms with van der Waals surface area (Å²) in [6, 6.07) is 7.11. The van der Waals surface area contributed by atoms with Crippen LogP contribution in [0.25, 0.3) is 0 Å². The van der Waals surface area contributed by atoms with E-state index in [4.69, 9.17) is 9.47 Å². The summed E-state index contributed by atoms with van der Waals surface area (Å²) in [6.45, 7) is 5.07. The van der Waals surface area contributed by atoms with Crippen molar-refractivity contribution in [2.24, 2.45) is 0 Å². The third-order valence-electron chi connectivity index (χ3n) is 2.79. The number of carbonyl (C=O) groups is 2. The third-order valence-corrected chi connectivity index (χ3v) is 3.57. The van der Waals surface area contributed by atoms with Crippen LogP contribution >= 0.6 is 15.9 Å². The lowest BCUT2D eigenvalue weighted by Crippen LogP contribution is -2.58. The molecule has 0 aliphatic carbocycles. The van der Waals surface area contributed by atoms with E-state index >= 15 is 0 Å². The highest BCUT2D eigenvalue weighted by Crippen LogP contribution is 2.23. The molecule has 0 aromatic heterocycles. The van der Waals surface area contributed by atoms with Gasteiger partial charge in [-0.3, -0.25) is 5.32 Å². The van der Waals surface area contributed by atoms with Crippen LogP contribution in [0.15, 0.2) is 28.7 Å². The molecule has 1 aromatic carbocycles. The van der Waals surface area contributed by atoms with E-state index in [9.17, 15) is 14.7 Å². The summed E-state index contributed by atoms with van der Waals surface area (Å²) in [5.41, 5.74) is -1.97. The quantitative estimate of drug-likeness (QED) is 0.775. The Hall–Kier alpha value is -1.60. The van der Waals surface area contributed by atoms with Gasteiger partial charge in [-0.15, -0.1) is 0 Å². The van der Waals surface area contributed by atoms with Crippen LogP contribution in [0.2, 0.25) is 0 Å². The summed E-state index contributed by atoms with van der Waals surface area (Å²) in [5.74, 6) is -1.31. The number of alkyl carbamates (subject to hydrolysis) is 1. The molecule has 7 heteroatoms. The molecule has 6 nitrogen and oxygen atoms in total. The second-order valence-electron chi connectivity index (χ2n) is 5.73. The molecule has 122 valence electrons. The Morgan fingerprint density at radius 2 is 1.86 bits per heavy atom. The summed E-state index contributed by atoms with van der Waals surface area (Å²) in [7, 11) is 1.22. The fraction of sp³-hybridized carbons (Fsp3) is 0.467. The molecule has 1 atom stereocenters. The smallest absolute Gasteiger partial charge is 0.410 e. The molecule has 1 rings (SSSR count). The van der Waals surface area contributed by atoms with Crippen molar-refractivity contribution in [3.8, 4) is 0 Å². The minimum Gasteiger partial charge on any atom is -0.478 e. The summed E-state index contributed by atoms with van der Waals surface area (Å²) in [6.07, 6.45) is -0.914. The number of carboxylic acids is 1. The van der Waals surface area contributed by atoms with Crippen molar-refractivity contribution in [1.29, 1.82) is 0 Å². The van der Waals surface area contributed by atoms with Gasteiger partial charge in [-0.2, -0.15) is 0 Å². The van der Waals surface area contributed by atoms with Gasteiger partial charge in [-0.05, 0) is 32.4 Å². The van der Waals surface area contributed by atoms with E-state index in [0.717, 1.165) is 4.47 Å². The first-order valence-electron chi connectivity index (χ1n) is 6.63.